The highest BCUT2D eigenvalue weighted by atomic mass is 32.2. The Morgan fingerprint density at radius 1 is 1.30 bits per heavy atom. The number of thiophene rings is 1. The van der Waals surface area contributed by atoms with Gasteiger partial charge in [0.1, 0.15) is 4.88 Å². The minimum Gasteiger partial charge on any atom is -0.462 e. The van der Waals surface area contributed by atoms with Crippen molar-refractivity contribution >= 4 is 51.0 Å². The van der Waals surface area contributed by atoms with Gasteiger partial charge in [-0.2, -0.15) is 0 Å². The summed E-state index contributed by atoms with van der Waals surface area (Å²) in [6.07, 6.45) is 0. The van der Waals surface area contributed by atoms with Crippen LogP contribution in [0.1, 0.15) is 29.1 Å². The van der Waals surface area contributed by atoms with Gasteiger partial charge in [-0.3, -0.25) is 4.79 Å². The number of hydrogen-bond acceptors (Lipinski definition) is 6. The van der Waals surface area contributed by atoms with Gasteiger partial charge in [0.25, 0.3) is 0 Å². The normalized spacial score (nSPS) is 10.9. The molecule has 142 valence electrons. The number of esters is 1. The predicted molar refractivity (Wildman–Crippen MR) is 110 cm³/mol. The first-order chi connectivity index (χ1) is 13.0. The Morgan fingerprint density at radius 2 is 2.07 bits per heavy atom. The first-order valence-corrected chi connectivity index (χ1v) is 10.5. The highest BCUT2D eigenvalue weighted by Gasteiger charge is 2.17. The molecule has 1 amide bonds. The Morgan fingerprint density at radius 3 is 2.81 bits per heavy atom. The largest absolute Gasteiger partial charge is 0.462 e. The molecule has 3 aromatic rings. The van der Waals surface area contributed by atoms with Gasteiger partial charge in [-0.25, -0.2) is 9.78 Å². The van der Waals surface area contributed by atoms with Gasteiger partial charge in [0.05, 0.1) is 28.4 Å². The fourth-order valence-electron chi connectivity index (χ4n) is 2.72. The molecule has 1 aromatic carbocycles. The van der Waals surface area contributed by atoms with E-state index in [9.17, 15) is 9.59 Å². The maximum atomic E-state index is 12.3. The number of aromatic nitrogens is 2. The molecular weight excluding hydrogens is 382 g/mol. The second-order valence-corrected chi connectivity index (χ2v) is 7.80. The summed E-state index contributed by atoms with van der Waals surface area (Å²) in [6, 6.07) is 9.73. The number of para-hydroxylation sites is 2. The molecule has 27 heavy (non-hydrogen) atoms. The van der Waals surface area contributed by atoms with Crippen molar-refractivity contribution in [2.75, 3.05) is 17.7 Å². The molecule has 0 spiro atoms. The number of amides is 1. The summed E-state index contributed by atoms with van der Waals surface area (Å²) < 4.78 is 7.13. The lowest BCUT2D eigenvalue weighted by molar-refractivity contribution is -0.113. The summed E-state index contributed by atoms with van der Waals surface area (Å²) in [5.41, 5.74) is 2.79. The van der Waals surface area contributed by atoms with Gasteiger partial charge in [-0.15, -0.1) is 11.3 Å². The van der Waals surface area contributed by atoms with E-state index in [4.69, 9.17) is 4.74 Å². The highest BCUT2D eigenvalue weighted by Crippen LogP contribution is 2.28. The number of anilines is 1. The zero-order chi connectivity index (χ0) is 19.4. The van der Waals surface area contributed by atoms with E-state index in [1.807, 2.05) is 31.2 Å². The molecule has 3 rings (SSSR count). The van der Waals surface area contributed by atoms with Crippen molar-refractivity contribution in [1.29, 1.82) is 0 Å². The summed E-state index contributed by atoms with van der Waals surface area (Å²) in [7, 11) is 0. The van der Waals surface area contributed by atoms with E-state index in [-0.39, 0.29) is 17.6 Å². The third-order valence-electron chi connectivity index (χ3n) is 3.91. The lowest BCUT2D eigenvalue weighted by Crippen LogP contribution is -2.13. The van der Waals surface area contributed by atoms with Crippen LogP contribution in [0.25, 0.3) is 11.0 Å². The van der Waals surface area contributed by atoms with Crippen LogP contribution in [-0.2, 0) is 16.1 Å². The number of fused-ring (bicyclic) bond motifs is 1. The number of imidazole rings is 1. The summed E-state index contributed by atoms with van der Waals surface area (Å²) >= 11 is 2.64. The van der Waals surface area contributed by atoms with Crippen molar-refractivity contribution in [2.45, 2.75) is 32.5 Å². The number of ether oxygens (including phenoxy) is 1. The number of carbonyl (C=O) groups excluding carboxylic acids is 2. The lowest BCUT2D eigenvalue weighted by Gasteiger charge is -2.05. The van der Waals surface area contributed by atoms with E-state index in [0.29, 0.717) is 16.5 Å². The molecule has 0 aliphatic carbocycles. The molecule has 0 radical (unpaired) electrons. The van der Waals surface area contributed by atoms with E-state index >= 15 is 0 Å². The van der Waals surface area contributed by atoms with Crippen molar-refractivity contribution in [3.8, 4) is 0 Å². The number of thioether (sulfide) groups is 1. The fraction of sp³-hybridized carbons (Fsp3) is 0.316. The summed E-state index contributed by atoms with van der Waals surface area (Å²) in [5, 5.41) is 4.32. The van der Waals surface area contributed by atoms with Gasteiger partial charge in [0.15, 0.2) is 5.16 Å². The van der Waals surface area contributed by atoms with Gasteiger partial charge in [0, 0.05) is 6.54 Å². The molecule has 0 saturated heterocycles. The number of hydrogen-bond donors (Lipinski definition) is 1. The van der Waals surface area contributed by atoms with Crippen LogP contribution < -0.4 is 5.32 Å². The van der Waals surface area contributed by atoms with Gasteiger partial charge >= 0.3 is 5.97 Å². The Bertz CT molecular complexity index is 978. The molecule has 6 nitrogen and oxygen atoms in total. The molecule has 0 atom stereocenters. The van der Waals surface area contributed by atoms with Crippen LogP contribution in [0.2, 0.25) is 0 Å². The third-order valence-corrected chi connectivity index (χ3v) is 6.02. The molecule has 0 aliphatic rings. The Balaban J connectivity index is 1.65. The lowest BCUT2D eigenvalue weighted by atomic mass is 10.3. The monoisotopic (exact) mass is 403 g/mol. The second kappa shape index (κ2) is 8.58. The molecule has 1 N–H and O–H groups in total. The number of nitrogens with one attached hydrogen (secondary N) is 1. The minimum absolute atomic E-state index is 0.133. The fourth-order valence-corrected chi connectivity index (χ4v) is 4.58. The van der Waals surface area contributed by atoms with Crippen LogP contribution >= 0.6 is 23.1 Å². The number of aryl methyl sites for hydroxylation is 2. The molecule has 8 heteroatoms. The molecule has 0 aliphatic heterocycles. The van der Waals surface area contributed by atoms with Crippen LogP contribution in [0.3, 0.4) is 0 Å². The maximum Gasteiger partial charge on any atom is 0.348 e. The van der Waals surface area contributed by atoms with Crippen molar-refractivity contribution in [3.63, 3.8) is 0 Å². The van der Waals surface area contributed by atoms with Crippen molar-refractivity contribution in [1.82, 2.24) is 9.55 Å². The summed E-state index contributed by atoms with van der Waals surface area (Å²) in [6.45, 7) is 6.77. The summed E-state index contributed by atoms with van der Waals surface area (Å²) in [5.74, 6) is -0.243. The van der Waals surface area contributed by atoms with Crippen LogP contribution in [0, 0.1) is 6.92 Å². The van der Waals surface area contributed by atoms with E-state index < -0.39 is 0 Å². The standard InChI is InChI=1S/C19H21N3O3S2/c1-4-22-14-9-7-6-8-13(14)20-19(22)26-11-15(23)21-16-10-12(3)17(27-16)18(24)25-5-2/h6-10H,4-5,11H2,1-3H3,(H,21,23). The van der Waals surface area contributed by atoms with Gasteiger partial charge in [-0.05, 0) is 44.5 Å². The SMILES string of the molecule is CCOC(=O)c1sc(NC(=O)CSc2nc3ccccc3n2CC)cc1C. The van der Waals surface area contributed by atoms with Crippen LogP contribution in [0.4, 0.5) is 5.00 Å². The zero-order valence-corrected chi connectivity index (χ0v) is 17.1. The maximum absolute atomic E-state index is 12.3. The van der Waals surface area contributed by atoms with E-state index in [2.05, 4.69) is 21.8 Å². The van der Waals surface area contributed by atoms with E-state index in [1.165, 1.54) is 23.1 Å². The zero-order valence-electron chi connectivity index (χ0n) is 15.4. The average molecular weight is 404 g/mol. The van der Waals surface area contributed by atoms with E-state index in [0.717, 1.165) is 28.3 Å². The van der Waals surface area contributed by atoms with Crippen LogP contribution in [0.15, 0.2) is 35.5 Å². The molecule has 0 unspecified atom stereocenters. The van der Waals surface area contributed by atoms with Crippen molar-refractivity contribution in [2.24, 2.45) is 0 Å². The smallest absolute Gasteiger partial charge is 0.348 e. The second-order valence-electron chi connectivity index (χ2n) is 5.81. The Labute approximate surface area is 165 Å². The van der Waals surface area contributed by atoms with Gasteiger partial charge in [-0.1, -0.05) is 23.9 Å². The number of carbonyl (C=O) groups is 2. The highest BCUT2D eigenvalue weighted by molar-refractivity contribution is 7.99. The topological polar surface area (TPSA) is 73.2 Å². The Hall–Kier alpha value is -2.32. The Kier molecular flexibility index (Phi) is 6.18. The third kappa shape index (κ3) is 4.33. The first kappa shape index (κ1) is 19.4. The van der Waals surface area contributed by atoms with Crippen molar-refractivity contribution in [3.05, 3.63) is 40.8 Å². The minimum atomic E-state index is -0.355. The van der Waals surface area contributed by atoms with E-state index in [1.54, 1.807) is 13.0 Å². The average Bonchev–Trinajstić information content (AvgIpc) is 3.19. The molecule has 0 fully saturated rings. The quantitative estimate of drug-likeness (QED) is 0.469. The molecule has 2 heterocycles. The molecule has 2 aromatic heterocycles. The van der Waals surface area contributed by atoms with Crippen LogP contribution in [-0.4, -0.2) is 33.8 Å². The van der Waals surface area contributed by atoms with Gasteiger partial charge in [0.2, 0.25) is 5.91 Å². The molecular formula is C19H21N3O3S2. The summed E-state index contributed by atoms with van der Waals surface area (Å²) in [4.78, 5) is 29.4. The molecule has 0 saturated carbocycles. The number of benzene rings is 1. The molecule has 0 bridgehead atoms. The predicted octanol–water partition coefficient (Wildman–Crippen LogP) is 4.33. The van der Waals surface area contributed by atoms with Crippen LogP contribution in [0.5, 0.6) is 0 Å². The number of nitrogens with zero attached hydrogens (tertiary/aromatic N) is 2. The number of rotatable bonds is 7. The van der Waals surface area contributed by atoms with Gasteiger partial charge < -0.3 is 14.6 Å². The van der Waals surface area contributed by atoms with Crippen molar-refractivity contribution < 1.29 is 14.3 Å². The first-order valence-electron chi connectivity index (χ1n) is 8.69.